The smallest absolute Gasteiger partial charge is 0.228 e. The van der Waals surface area contributed by atoms with Gasteiger partial charge in [0.1, 0.15) is 5.01 Å². The number of hydrogen-bond donors (Lipinski definition) is 0. The van der Waals surface area contributed by atoms with Crippen molar-refractivity contribution in [3.63, 3.8) is 0 Å². The van der Waals surface area contributed by atoms with Crippen LogP contribution in [0.4, 0.5) is 0 Å². The van der Waals surface area contributed by atoms with E-state index in [9.17, 15) is 4.79 Å². The van der Waals surface area contributed by atoms with E-state index in [2.05, 4.69) is 4.98 Å². The monoisotopic (exact) mass is 184 g/mol. The Bertz CT molecular complexity index is 280. The summed E-state index contributed by atoms with van der Waals surface area (Å²) >= 11 is 1.54. The molecule has 0 unspecified atom stereocenters. The number of aromatic nitrogens is 1. The van der Waals surface area contributed by atoms with Gasteiger partial charge in [-0.15, -0.1) is 11.3 Å². The van der Waals surface area contributed by atoms with Gasteiger partial charge >= 0.3 is 0 Å². The van der Waals surface area contributed by atoms with Crippen LogP contribution in [0, 0.1) is 6.92 Å². The van der Waals surface area contributed by atoms with Gasteiger partial charge in [-0.3, -0.25) is 4.79 Å². The molecule has 0 saturated carbocycles. The fraction of sp³-hybridized carbons (Fsp3) is 0.500. The molecule has 1 amide bonds. The van der Waals surface area contributed by atoms with Gasteiger partial charge in [-0.05, 0) is 6.92 Å². The van der Waals surface area contributed by atoms with Gasteiger partial charge < -0.3 is 4.90 Å². The summed E-state index contributed by atoms with van der Waals surface area (Å²) in [6.07, 6.45) is 0.422. The molecule has 4 heteroatoms. The molecule has 12 heavy (non-hydrogen) atoms. The molecule has 0 radical (unpaired) electrons. The zero-order valence-electron chi connectivity index (χ0n) is 7.50. The van der Waals surface area contributed by atoms with Crippen molar-refractivity contribution in [2.24, 2.45) is 0 Å². The fourth-order valence-corrected chi connectivity index (χ4v) is 1.53. The van der Waals surface area contributed by atoms with Crippen molar-refractivity contribution in [2.45, 2.75) is 13.3 Å². The molecule has 0 aliphatic heterocycles. The summed E-state index contributed by atoms with van der Waals surface area (Å²) in [4.78, 5) is 17.0. The highest BCUT2D eigenvalue weighted by Gasteiger charge is 2.07. The molecule has 0 N–H and O–H groups in total. The van der Waals surface area contributed by atoms with Crippen molar-refractivity contribution in [2.75, 3.05) is 14.1 Å². The van der Waals surface area contributed by atoms with Crippen LogP contribution in [0.3, 0.4) is 0 Å². The Labute approximate surface area is 76.0 Å². The predicted octanol–water partition coefficient (Wildman–Crippen LogP) is 1.08. The highest BCUT2D eigenvalue weighted by molar-refractivity contribution is 7.09. The van der Waals surface area contributed by atoms with Crippen molar-refractivity contribution in [1.29, 1.82) is 0 Å². The molecule has 0 aromatic carbocycles. The molecule has 0 aliphatic rings. The van der Waals surface area contributed by atoms with Gasteiger partial charge in [0, 0.05) is 25.2 Å². The molecular formula is C8H12N2OS. The van der Waals surface area contributed by atoms with Crippen LogP contribution in [0.15, 0.2) is 5.38 Å². The minimum atomic E-state index is 0.101. The molecule has 1 rings (SSSR count). The third-order valence-electron chi connectivity index (χ3n) is 1.47. The van der Waals surface area contributed by atoms with E-state index in [1.165, 1.54) is 11.3 Å². The van der Waals surface area contributed by atoms with Gasteiger partial charge in [0.15, 0.2) is 0 Å². The largest absolute Gasteiger partial charge is 0.348 e. The lowest BCUT2D eigenvalue weighted by molar-refractivity contribution is -0.127. The van der Waals surface area contributed by atoms with Gasteiger partial charge in [0.2, 0.25) is 5.91 Å². The first-order chi connectivity index (χ1) is 5.59. The summed E-state index contributed by atoms with van der Waals surface area (Å²) in [7, 11) is 3.51. The molecule has 0 fully saturated rings. The van der Waals surface area contributed by atoms with Crippen molar-refractivity contribution in [1.82, 2.24) is 9.88 Å². The number of likely N-dealkylation sites (N-methyl/N-ethyl adjacent to an activating group) is 1. The maximum Gasteiger partial charge on any atom is 0.228 e. The maximum absolute atomic E-state index is 11.2. The van der Waals surface area contributed by atoms with Crippen LogP contribution in [0.2, 0.25) is 0 Å². The molecule has 0 saturated heterocycles. The maximum atomic E-state index is 11.2. The van der Waals surface area contributed by atoms with Crippen LogP contribution < -0.4 is 0 Å². The summed E-state index contributed by atoms with van der Waals surface area (Å²) in [6.45, 7) is 1.93. The Morgan fingerprint density at radius 2 is 2.33 bits per heavy atom. The molecule has 3 nitrogen and oxygen atoms in total. The molecule has 0 atom stereocenters. The molecule has 66 valence electrons. The number of rotatable bonds is 2. The summed E-state index contributed by atoms with van der Waals surface area (Å²) in [5.41, 5.74) is 0.988. The van der Waals surface area contributed by atoms with E-state index in [1.54, 1.807) is 19.0 Å². The summed E-state index contributed by atoms with van der Waals surface area (Å²) in [5.74, 6) is 0.101. The molecule has 1 heterocycles. The second kappa shape index (κ2) is 3.67. The van der Waals surface area contributed by atoms with E-state index in [-0.39, 0.29) is 5.91 Å². The van der Waals surface area contributed by atoms with Gasteiger partial charge in [-0.25, -0.2) is 4.98 Å². The lowest BCUT2D eigenvalue weighted by atomic mass is 10.4. The predicted molar refractivity (Wildman–Crippen MR) is 49.2 cm³/mol. The Hall–Kier alpha value is -0.900. The number of amides is 1. The number of thiazole rings is 1. The third-order valence-corrected chi connectivity index (χ3v) is 2.43. The van der Waals surface area contributed by atoms with Gasteiger partial charge in [-0.1, -0.05) is 0 Å². The van der Waals surface area contributed by atoms with Crippen LogP contribution in [-0.4, -0.2) is 29.9 Å². The summed E-state index contributed by atoms with van der Waals surface area (Å²) < 4.78 is 0. The number of carbonyl (C=O) groups is 1. The number of nitrogens with zero attached hydrogens (tertiary/aromatic N) is 2. The average molecular weight is 184 g/mol. The average Bonchev–Trinajstić information content (AvgIpc) is 2.35. The van der Waals surface area contributed by atoms with Crippen LogP contribution in [0.5, 0.6) is 0 Å². The first-order valence-electron chi connectivity index (χ1n) is 3.70. The minimum absolute atomic E-state index is 0.101. The van der Waals surface area contributed by atoms with Gasteiger partial charge in [0.25, 0.3) is 0 Å². The first kappa shape index (κ1) is 9.19. The Kier molecular flexibility index (Phi) is 2.81. The van der Waals surface area contributed by atoms with Crippen LogP contribution in [0.25, 0.3) is 0 Å². The van der Waals surface area contributed by atoms with Crippen LogP contribution >= 0.6 is 11.3 Å². The van der Waals surface area contributed by atoms with Crippen molar-refractivity contribution in [3.05, 3.63) is 16.1 Å². The highest BCUT2D eigenvalue weighted by atomic mass is 32.1. The topological polar surface area (TPSA) is 33.2 Å². The molecule has 1 aromatic rings. The number of hydrogen-bond acceptors (Lipinski definition) is 3. The van der Waals surface area contributed by atoms with E-state index in [0.717, 1.165) is 10.7 Å². The van der Waals surface area contributed by atoms with Crippen LogP contribution in [0.1, 0.15) is 10.7 Å². The molecule has 0 spiro atoms. The molecule has 0 bridgehead atoms. The lowest BCUT2D eigenvalue weighted by Gasteiger charge is -2.07. The Morgan fingerprint density at radius 3 is 2.75 bits per heavy atom. The lowest BCUT2D eigenvalue weighted by Crippen LogP contribution is -2.23. The zero-order chi connectivity index (χ0) is 9.14. The second-order valence-electron chi connectivity index (χ2n) is 2.85. The second-order valence-corrected chi connectivity index (χ2v) is 3.79. The van der Waals surface area contributed by atoms with E-state index in [0.29, 0.717) is 6.42 Å². The molecule has 0 aliphatic carbocycles. The molecule has 1 aromatic heterocycles. The van der Waals surface area contributed by atoms with E-state index in [1.807, 2.05) is 12.3 Å². The van der Waals surface area contributed by atoms with E-state index in [4.69, 9.17) is 0 Å². The fourth-order valence-electron chi connectivity index (χ4n) is 0.771. The van der Waals surface area contributed by atoms with Crippen LogP contribution in [-0.2, 0) is 11.2 Å². The summed E-state index contributed by atoms with van der Waals surface area (Å²) in [5, 5.41) is 2.85. The van der Waals surface area contributed by atoms with Crippen molar-refractivity contribution >= 4 is 17.2 Å². The SMILES string of the molecule is Cc1csc(CC(=O)N(C)C)n1. The quantitative estimate of drug-likeness (QED) is 0.689. The van der Waals surface area contributed by atoms with E-state index < -0.39 is 0 Å². The van der Waals surface area contributed by atoms with Gasteiger partial charge in [0.05, 0.1) is 6.42 Å². The van der Waals surface area contributed by atoms with Crippen molar-refractivity contribution in [3.8, 4) is 0 Å². The Balaban J connectivity index is 2.58. The number of carbonyl (C=O) groups excluding carboxylic acids is 1. The third kappa shape index (κ3) is 2.30. The Morgan fingerprint density at radius 1 is 1.67 bits per heavy atom. The van der Waals surface area contributed by atoms with Gasteiger partial charge in [-0.2, -0.15) is 0 Å². The molecular weight excluding hydrogens is 172 g/mol. The first-order valence-corrected chi connectivity index (χ1v) is 4.58. The summed E-state index contributed by atoms with van der Waals surface area (Å²) in [6, 6.07) is 0. The number of aryl methyl sites for hydroxylation is 1. The van der Waals surface area contributed by atoms with Crippen molar-refractivity contribution < 1.29 is 4.79 Å². The highest BCUT2D eigenvalue weighted by Crippen LogP contribution is 2.09. The standard InChI is InChI=1S/C8H12N2OS/c1-6-5-12-7(9-6)4-8(11)10(2)3/h5H,4H2,1-3H3. The minimum Gasteiger partial charge on any atom is -0.348 e. The van der Waals surface area contributed by atoms with E-state index >= 15 is 0 Å². The normalized spacial score (nSPS) is 9.92. The zero-order valence-corrected chi connectivity index (χ0v) is 8.31.